The Kier molecular flexibility index (Phi) is 1.55. The largest absolute Gasteiger partial charge is 0.340 e. The van der Waals surface area contributed by atoms with E-state index in [0.29, 0.717) is 17.1 Å². The van der Waals surface area contributed by atoms with Gasteiger partial charge in [-0.05, 0) is 9.39 Å². The van der Waals surface area contributed by atoms with E-state index in [-0.39, 0.29) is 5.56 Å². The summed E-state index contributed by atoms with van der Waals surface area (Å²) in [4.78, 5) is 24.2. The van der Waals surface area contributed by atoms with E-state index in [0.717, 1.165) is 0 Å². The molecule has 0 saturated carbocycles. The zero-order valence-electron chi connectivity index (χ0n) is 5.96. The maximum absolute atomic E-state index is 11.2. The molecule has 1 unspecified atom stereocenters. The standard InChI is InChI=1S/C5H6N5OP/c11-4-2-3(7-1-6-2)8-5(9-4)10-12/h1H,12H2,(H3,6,7,8,9,10,11). The highest BCUT2D eigenvalue weighted by Crippen LogP contribution is 2.03. The third-order valence-electron chi connectivity index (χ3n) is 1.43. The van der Waals surface area contributed by atoms with Crippen LogP contribution in [0.3, 0.4) is 0 Å². The summed E-state index contributed by atoms with van der Waals surface area (Å²) >= 11 is 0. The normalized spacial score (nSPS) is 10.4. The molecule has 1 atom stereocenters. The second kappa shape index (κ2) is 2.57. The van der Waals surface area contributed by atoms with Crippen molar-refractivity contribution >= 4 is 26.5 Å². The summed E-state index contributed by atoms with van der Waals surface area (Å²) in [6.45, 7) is 0. The predicted octanol–water partition coefficient (Wildman–Crippen LogP) is -0.152. The lowest BCUT2D eigenvalue weighted by atomic mass is 10.5. The maximum Gasteiger partial charge on any atom is 0.278 e. The van der Waals surface area contributed by atoms with Crippen LogP contribution in [-0.4, -0.2) is 19.9 Å². The topological polar surface area (TPSA) is 86.5 Å². The van der Waals surface area contributed by atoms with E-state index in [1.165, 1.54) is 6.33 Å². The van der Waals surface area contributed by atoms with Gasteiger partial charge in [0.05, 0.1) is 6.33 Å². The van der Waals surface area contributed by atoms with E-state index in [9.17, 15) is 4.79 Å². The van der Waals surface area contributed by atoms with Crippen molar-refractivity contribution in [2.45, 2.75) is 0 Å². The lowest BCUT2D eigenvalue weighted by molar-refractivity contribution is 1.17. The van der Waals surface area contributed by atoms with Crippen molar-refractivity contribution in [2.75, 3.05) is 5.09 Å². The van der Waals surface area contributed by atoms with E-state index >= 15 is 0 Å². The molecule has 0 aliphatic rings. The summed E-state index contributed by atoms with van der Waals surface area (Å²) in [5.41, 5.74) is 0.560. The second-order valence-corrected chi connectivity index (χ2v) is 2.45. The van der Waals surface area contributed by atoms with Crippen LogP contribution < -0.4 is 10.6 Å². The van der Waals surface area contributed by atoms with E-state index in [1.807, 2.05) is 0 Å². The highest BCUT2D eigenvalue weighted by Gasteiger charge is 2.03. The van der Waals surface area contributed by atoms with Gasteiger partial charge in [0, 0.05) is 0 Å². The maximum atomic E-state index is 11.2. The number of fused-ring (bicyclic) bond motifs is 1. The van der Waals surface area contributed by atoms with Crippen LogP contribution >= 0.6 is 9.39 Å². The third kappa shape index (κ3) is 0.967. The Bertz CT molecular complexity index is 460. The Morgan fingerprint density at radius 3 is 3.17 bits per heavy atom. The number of nitrogens with zero attached hydrogens (tertiary/aromatic N) is 2. The first kappa shape index (κ1) is 7.24. The van der Waals surface area contributed by atoms with Crippen molar-refractivity contribution in [1.29, 1.82) is 0 Å². The second-order valence-electron chi connectivity index (χ2n) is 2.16. The zero-order chi connectivity index (χ0) is 8.55. The number of hydrogen-bond donors (Lipinski definition) is 3. The number of aromatic amines is 2. The summed E-state index contributed by atoms with van der Waals surface area (Å²) in [5, 5.41) is 2.65. The first-order chi connectivity index (χ1) is 5.81. The lowest BCUT2D eigenvalue weighted by Crippen LogP contribution is -2.09. The Hall–Kier alpha value is -1.42. The van der Waals surface area contributed by atoms with Crippen LogP contribution in [0.15, 0.2) is 11.1 Å². The average molecular weight is 183 g/mol. The lowest BCUT2D eigenvalue weighted by Gasteiger charge is -1.95. The third-order valence-corrected chi connectivity index (χ3v) is 1.71. The minimum atomic E-state index is -0.234. The van der Waals surface area contributed by atoms with Crippen molar-refractivity contribution in [3.05, 3.63) is 16.7 Å². The summed E-state index contributed by atoms with van der Waals surface area (Å²) in [5.74, 6) is 0.379. The molecule has 0 amide bonds. The zero-order valence-corrected chi connectivity index (χ0v) is 7.11. The number of anilines is 1. The molecule has 0 aromatic carbocycles. The van der Waals surface area contributed by atoms with E-state index in [1.54, 1.807) is 0 Å². The molecule has 0 aliphatic heterocycles. The van der Waals surface area contributed by atoms with Gasteiger partial charge in [0.15, 0.2) is 11.2 Å². The number of rotatable bonds is 1. The SMILES string of the molecule is O=c1[nH]c(NP)nc2nc[nH]c12. The number of imidazole rings is 1. The Labute approximate surface area is 69.1 Å². The van der Waals surface area contributed by atoms with Crippen LogP contribution in [-0.2, 0) is 0 Å². The first-order valence-corrected chi connectivity index (χ1v) is 3.79. The van der Waals surface area contributed by atoms with Crippen LogP contribution in [0.1, 0.15) is 0 Å². The molecule has 6 nitrogen and oxygen atoms in total. The van der Waals surface area contributed by atoms with Gasteiger partial charge < -0.3 is 10.1 Å². The molecule has 2 aromatic rings. The Morgan fingerprint density at radius 2 is 2.42 bits per heavy atom. The van der Waals surface area contributed by atoms with E-state index in [2.05, 4.69) is 34.4 Å². The van der Waals surface area contributed by atoms with Crippen molar-refractivity contribution in [1.82, 2.24) is 19.9 Å². The smallest absolute Gasteiger partial charge is 0.278 e. The highest BCUT2D eigenvalue weighted by molar-refractivity contribution is 7.18. The van der Waals surface area contributed by atoms with E-state index in [4.69, 9.17) is 0 Å². The molecule has 3 N–H and O–H groups in total. The van der Waals surface area contributed by atoms with Gasteiger partial charge in [0.25, 0.3) is 5.56 Å². The summed E-state index contributed by atoms with van der Waals surface area (Å²) in [6.07, 6.45) is 1.43. The minimum absolute atomic E-state index is 0.234. The average Bonchev–Trinajstić information content (AvgIpc) is 2.52. The summed E-state index contributed by atoms with van der Waals surface area (Å²) in [7, 11) is 2.24. The van der Waals surface area contributed by atoms with Gasteiger partial charge in [0.2, 0.25) is 5.95 Å². The molecule has 2 heterocycles. The molecule has 2 aromatic heterocycles. The van der Waals surface area contributed by atoms with Crippen LogP contribution in [0, 0.1) is 0 Å². The molecule has 2 rings (SSSR count). The predicted molar refractivity (Wildman–Crippen MR) is 47.8 cm³/mol. The van der Waals surface area contributed by atoms with Crippen LogP contribution in [0.25, 0.3) is 11.2 Å². The van der Waals surface area contributed by atoms with Crippen LogP contribution in [0.2, 0.25) is 0 Å². The van der Waals surface area contributed by atoms with E-state index < -0.39 is 0 Å². The molecule has 0 radical (unpaired) electrons. The molecule has 12 heavy (non-hydrogen) atoms. The number of hydrogen-bond acceptors (Lipinski definition) is 4. The van der Waals surface area contributed by atoms with Gasteiger partial charge in [-0.2, -0.15) is 4.98 Å². The van der Waals surface area contributed by atoms with Gasteiger partial charge in [-0.1, -0.05) is 0 Å². The first-order valence-electron chi connectivity index (χ1n) is 3.21. The fraction of sp³-hybridized carbons (Fsp3) is 0. The fourth-order valence-electron chi connectivity index (χ4n) is 0.911. The molecular formula is C5H6N5OP. The number of nitrogens with one attached hydrogen (secondary N) is 3. The minimum Gasteiger partial charge on any atom is -0.340 e. The van der Waals surface area contributed by atoms with Crippen LogP contribution in [0.4, 0.5) is 5.95 Å². The quantitative estimate of drug-likeness (QED) is 0.536. The molecule has 62 valence electrons. The summed E-state index contributed by atoms with van der Waals surface area (Å²) < 4.78 is 0. The Morgan fingerprint density at radius 1 is 1.58 bits per heavy atom. The highest BCUT2D eigenvalue weighted by atomic mass is 31.0. The molecule has 0 aliphatic carbocycles. The van der Waals surface area contributed by atoms with Crippen molar-refractivity contribution in [3.63, 3.8) is 0 Å². The summed E-state index contributed by atoms with van der Waals surface area (Å²) in [6, 6.07) is 0. The van der Waals surface area contributed by atoms with Gasteiger partial charge in [0.1, 0.15) is 0 Å². The van der Waals surface area contributed by atoms with Crippen LogP contribution in [0.5, 0.6) is 0 Å². The molecule has 0 saturated heterocycles. The van der Waals surface area contributed by atoms with Gasteiger partial charge >= 0.3 is 0 Å². The molecule has 0 bridgehead atoms. The van der Waals surface area contributed by atoms with Crippen molar-refractivity contribution in [2.24, 2.45) is 0 Å². The Balaban J connectivity index is 2.84. The van der Waals surface area contributed by atoms with Crippen molar-refractivity contribution in [3.8, 4) is 0 Å². The molecule has 0 fully saturated rings. The fourth-order valence-corrected chi connectivity index (χ4v) is 1.05. The number of aromatic nitrogens is 4. The monoisotopic (exact) mass is 183 g/mol. The van der Waals surface area contributed by atoms with Gasteiger partial charge in [-0.25, -0.2) is 4.98 Å². The molecule has 0 spiro atoms. The molecule has 7 heteroatoms. The number of H-pyrrole nitrogens is 2. The van der Waals surface area contributed by atoms with Gasteiger partial charge in [-0.3, -0.25) is 9.78 Å². The van der Waals surface area contributed by atoms with Gasteiger partial charge in [-0.15, -0.1) is 0 Å². The molecular weight excluding hydrogens is 177 g/mol. The van der Waals surface area contributed by atoms with Crippen molar-refractivity contribution < 1.29 is 0 Å².